The first-order valence-corrected chi connectivity index (χ1v) is 11.0. The molecule has 0 aliphatic heterocycles. The Kier molecular flexibility index (Phi) is 4.63. The van der Waals surface area contributed by atoms with Gasteiger partial charge in [-0.25, -0.2) is 4.98 Å². The van der Waals surface area contributed by atoms with Gasteiger partial charge in [0.1, 0.15) is 0 Å². The Morgan fingerprint density at radius 1 is 1.37 bits per heavy atom. The zero-order chi connectivity index (χ0) is 19.2. The highest BCUT2D eigenvalue weighted by Gasteiger charge is 2.26. The molecular weight excluding hydrogens is 406 g/mol. The highest BCUT2D eigenvalue weighted by molar-refractivity contribution is 7.92. The lowest BCUT2D eigenvalue weighted by atomic mass is 10.1. The van der Waals surface area contributed by atoms with Crippen molar-refractivity contribution in [3.8, 4) is 0 Å². The van der Waals surface area contributed by atoms with E-state index < -0.39 is 10.0 Å². The SMILES string of the molecule is CN(C)CCc1c[nH]c2cccc(NS(=O)(=O)c3c(Cl)nc4sccn34)c12. The van der Waals surface area contributed by atoms with Crippen LogP contribution < -0.4 is 4.72 Å². The van der Waals surface area contributed by atoms with Crippen molar-refractivity contribution in [1.82, 2.24) is 19.3 Å². The number of likely N-dealkylation sites (N-methyl/N-ethyl adjacent to an activating group) is 1. The third-order valence-corrected chi connectivity index (χ3v) is 6.81. The zero-order valence-electron chi connectivity index (χ0n) is 14.7. The summed E-state index contributed by atoms with van der Waals surface area (Å²) in [5.41, 5.74) is 2.45. The first kappa shape index (κ1) is 18.3. The lowest BCUT2D eigenvalue weighted by Gasteiger charge is -2.12. The Bertz CT molecular complexity index is 1220. The molecule has 142 valence electrons. The number of hydrogen-bond donors (Lipinski definition) is 2. The molecule has 0 unspecified atom stereocenters. The third kappa shape index (κ3) is 3.31. The van der Waals surface area contributed by atoms with Crippen LogP contribution >= 0.6 is 22.9 Å². The van der Waals surface area contributed by atoms with E-state index in [0.717, 1.165) is 29.4 Å². The Labute approximate surface area is 165 Å². The predicted octanol–water partition coefficient (Wildman–Crippen LogP) is 3.44. The molecule has 3 aromatic heterocycles. The van der Waals surface area contributed by atoms with Crippen LogP contribution in [0.3, 0.4) is 0 Å². The van der Waals surface area contributed by atoms with E-state index in [0.29, 0.717) is 10.6 Å². The monoisotopic (exact) mass is 423 g/mol. The van der Waals surface area contributed by atoms with Crippen LogP contribution in [0.5, 0.6) is 0 Å². The van der Waals surface area contributed by atoms with E-state index in [2.05, 4.69) is 19.6 Å². The zero-order valence-corrected chi connectivity index (χ0v) is 17.1. The molecule has 0 fully saturated rings. The van der Waals surface area contributed by atoms with Crippen molar-refractivity contribution in [3.05, 3.63) is 46.7 Å². The van der Waals surface area contributed by atoms with Gasteiger partial charge >= 0.3 is 0 Å². The molecule has 1 aromatic carbocycles. The molecule has 0 aliphatic rings. The molecule has 0 saturated heterocycles. The van der Waals surface area contributed by atoms with Crippen LogP contribution in [0.1, 0.15) is 5.56 Å². The number of nitrogens with one attached hydrogen (secondary N) is 2. The van der Waals surface area contributed by atoms with Gasteiger partial charge in [-0.15, -0.1) is 11.3 Å². The average Bonchev–Trinajstić information content (AvgIpc) is 3.26. The van der Waals surface area contributed by atoms with Crippen molar-refractivity contribution in [3.63, 3.8) is 0 Å². The number of imidazole rings is 1. The largest absolute Gasteiger partial charge is 0.361 e. The Morgan fingerprint density at radius 3 is 2.96 bits per heavy atom. The van der Waals surface area contributed by atoms with Crippen molar-refractivity contribution in [2.75, 3.05) is 25.4 Å². The van der Waals surface area contributed by atoms with Gasteiger partial charge in [0.25, 0.3) is 10.0 Å². The number of H-pyrrole nitrogens is 1. The Morgan fingerprint density at radius 2 is 2.19 bits per heavy atom. The summed E-state index contributed by atoms with van der Waals surface area (Å²) in [7, 11) is 0.0986. The quantitative estimate of drug-likeness (QED) is 0.497. The minimum Gasteiger partial charge on any atom is -0.361 e. The van der Waals surface area contributed by atoms with Crippen molar-refractivity contribution in [2.45, 2.75) is 11.4 Å². The molecule has 27 heavy (non-hydrogen) atoms. The normalized spacial score (nSPS) is 12.4. The lowest BCUT2D eigenvalue weighted by Crippen LogP contribution is -2.16. The summed E-state index contributed by atoms with van der Waals surface area (Å²) in [5, 5.41) is 2.54. The topological polar surface area (TPSA) is 82.5 Å². The molecule has 0 spiro atoms. The number of thiazole rings is 1. The van der Waals surface area contributed by atoms with Crippen molar-refractivity contribution in [1.29, 1.82) is 0 Å². The summed E-state index contributed by atoms with van der Waals surface area (Å²) in [6, 6.07) is 5.49. The van der Waals surface area contributed by atoms with Crippen molar-refractivity contribution in [2.24, 2.45) is 0 Å². The van der Waals surface area contributed by atoms with Crippen LogP contribution in [0.15, 0.2) is 41.0 Å². The first-order chi connectivity index (χ1) is 12.9. The van der Waals surface area contributed by atoms with E-state index in [9.17, 15) is 8.42 Å². The molecule has 0 bridgehead atoms. The van der Waals surface area contributed by atoms with E-state index in [1.807, 2.05) is 32.4 Å². The first-order valence-electron chi connectivity index (χ1n) is 8.24. The fourth-order valence-corrected chi connectivity index (χ4v) is 5.58. The maximum atomic E-state index is 13.1. The minimum atomic E-state index is -3.91. The van der Waals surface area contributed by atoms with E-state index in [1.54, 1.807) is 17.6 Å². The van der Waals surface area contributed by atoms with Crippen LogP contribution in [0.2, 0.25) is 5.15 Å². The van der Waals surface area contributed by atoms with Crippen LogP contribution in [-0.4, -0.2) is 48.3 Å². The van der Waals surface area contributed by atoms with Crippen molar-refractivity contribution < 1.29 is 8.42 Å². The molecule has 2 N–H and O–H groups in total. The van der Waals surface area contributed by atoms with Gasteiger partial charge in [0.2, 0.25) is 0 Å². The molecule has 3 heterocycles. The number of aromatic nitrogens is 3. The second kappa shape index (κ2) is 6.83. The second-order valence-electron chi connectivity index (χ2n) is 6.46. The summed E-state index contributed by atoms with van der Waals surface area (Å²) in [4.78, 5) is 9.95. The minimum absolute atomic E-state index is 0.0385. The number of anilines is 1. The number of hydrogen-bond acceptors (Lipinski definition) is 5. The fourth-order valence-electron chi connectivity index (χ4n) is 3.05. The molecule has 0 amide bonds. The smallest absolute Gasteiger partial charge is 0.281 e. The van der Waals surface area contributed by atoms with Crippen LogP contribution in [0.4, 0.5) is 5.69 Å². The van der Waals surface area contributed by atoms with E-state index in [1.165, 1.54) is 15.7 Å². The van der Waals surface area contributed by atoms with Gasteiger partial charge in [0.05, 0.1) is 5.69 Å². The van der Waals surface area contributed by atoms with Crippen LogP contribution in [-0.2, 0) is 16.4 Å². The number of aromatic amines is 1. The third-order valence-electron chi connectivity index (χ3n) is 4.29. The number of sulfonamides is 1. The maximum Gasteiger partial charge on any atom is 0.281 e. The Hall–Kier alpha value is -2.07. The van der Waals surface area contributed by atoms with Gasteiger partial charge in [-0.3, -0.25) is 9.12 Å². The predicted molar refractivity (Wildman–Crippen MR) is 109 cm³/mol. The van der Waals surface area contributed by atoms with Gasteiger partial charge in [0, 0.05) is 35.2 Å². The number of halogens is 1. The average molecular weight is 424 g/mol. The van der Waals surface area contributed by atoms with Gasteiger partial charge < -0.3 is 9.88 Å². The molecule has 4 aromatic rings. The number of nitrogens with zero attached hydrogens (tertiary/aromatic N) is 3. The summed E-state index contributed by atoms with van der Waals surface area (Å²) < 4.78 is 30.3. The van der Waals surface area contributed by atoms with Gasteiger partial charge in [-0.05, 0) is 38.2 Å². The molecule has 0 radical (unpaired) electrons. The highest BCUT2D eigenvalue weighted by Crippen LogP contribution is 2.31. The number of rotatable bonds is 6. The van der Waals surface area contributed by atoms with E-state index >= 15 is 0 Å². The van der Waals surface area contributed by atoms with E-state index in [4.69, 9.17) is 11.6 Å². The summed E-state index contributed by atoms with van der Waals surface area (Å²) in [6.07, 6.45) is 4.37. The van der Waals surface area contributed by atoms with Crippen LogP contribution in [0.25, 0.3) is 15.9 Å². The van der Waals surface area contributed by atoms with Crippen LogP contribution in [0, 0.1) is 0 Å². The maximum absolute atomic E-state index is 13.1. The molecule has 7 nitrogen and oxygen atoms in total. The summed E-state index contributed by atoms with van der Waals surface area (Å²) in [6.45, 7) is 0.859. The second-order valence-corrected chi connectivity index (χ2v) is 9.29. The van der Waals surface area contributed by atoms with Gasteiger partial charge in [0.15, 0.2) is 15.1 Å². The van der Waals surface area contributed by atoms with Gasteiger partial charge in [-0.1, -0.05) is 17.7 Å². The van der Waals surface area contributed by atoms with Crippen molar-refractivity contribution >= 4 is 54.5 Å². The molecular formula is C17H18ClN5O2S2. The van der Waals surface area contributed by atoms with Gasteiger partial charge in [-0.2, -0.15) is 8.42 Å². The summed E-state index contributed by atoms with van der Waals surface area (Å²) in [5.74, 6) is 0. The molecule has 10 heteroatoms. The fraction of sp³-hybridized carbons (Fsp3) is 0.235. The number of benzene rings is 1. The molecule has 0 saturated carbocycles. The molecule has 0 aliphatic carbocycles. The standard InChI is InChI=1S/C17H18ClN5O2S2/c1-22(2)7-6-11-10-19-12-4-3-5-13(14(11)12)21-27(24,25)16-15(18)20-17-23(16)8-9-26-17/h3-5,8-10,19,21H,6-7H2,1-2H3. The lowest BCUT2D eigenvalue weighted by molar-refractivity contribution is 0.414. The highest BCUT2D eigenvalue weighted by atomic mass is 35.5. The molecule has 0 atom stereocenters. The van der Waals surface area contributed by atoms with E-state index in [-0.39, 0.29) is 10.2 Å². The molecule has 4 rings (SSSR count). The summed E-state index contributed by atoms with van der Waals surface area (Å²) >= 11 is 7.44. The Balaban J connectivity index is 1.77. The number of fused-ring (bicyclic) bond motifs is 2.